The van der Waals surface area contributed by atoms with E-state index < -0.39 is 10.0 Å². The van der Waals surface area contributed by atoms with E-state index in [2.05, 4.69) is 26.0 Å². The smallest absolute Gasteiger partial charge is 0.256 e. The summed E-state index contributed by atoms with van der Waals surface area (Å²) >= 11 is 3.35. The summed E-state index contributed by atoms with van der Waals surface area (Å²) in [4.78, 5) is 14.9. The van der Waals surface area contributed by atoms with Gasteiger partial charge in [-0.3, -0.25) is 4.79 Å². The van der Waals surface area contributed by atoms with Crippen LogP contribution in [0, 0.1) is 0 Å². The molecule has 8 heteroatoms. The first-order chi connectivity index (χ1) is 12.8. The van der Waals surface area contributed by atoms with E-state index in [0.29, 0.717) is 16.7 Å². The van der Waals surface area contributed by atoms with E-state index in [-0.39, 0.29) is 22.4 Å². The van der Waals surface area contributed by atoms with Gasteiger partial charge >= 0.3 is 0 Å². The van der Waals surface area contributed by atoms with Crippen LogP contribution in [0.5, 0.6) is 0 Å². The summed E-state index contributed by atoms with van der Waals surface area (Å²) in [5.41, 5.74) is 1.95. The lowest BCUT2D eigenvalue weighted by molar-refractivity contribution is 0.102. The van der Waals surface area contributed by atoms with Crippen molar-refractivity contribution in [2.45, 2.75) is 30.3 Å². The van der Waals surface area contributed by atoms with Gasteiger partial charge in [-0.1, -0.05) is 18.2 Å². The number of hydrogen-bond acceptors (Lipinski definition) is 4. The zero-order valence-electron chi connectivity index (χ0n) is 15.2. The fourth-order valence-electron chi connectivity index (χ4n) is 2.64. The van der Waals surface area contributed by atoms with Gasteiger partial charge in [-0.05, 0) is 72.7 Å². The maximum Gasteiger partial charge on any atom is 0.256 e. The molecule has 2 aromatic rings. The lowest BCUT2D eigenvalue weighted by Crippen LogP contribution is -2.26. The van der Waals surface area contributed by atoms with E-state index in [9.17, 15) is 13.2 Å². The van der Waals surface area contributed by atoms with Crippen LogP contribution in [-0.2, 0) is 16.6 Å². The largest absolute Gasteiger partial charge is 0.322 e. The van der Waals surface area contributed by atoms with Gasteiger partial charge in [0.15, 0.2) is 0 Å². The third-order valence-corrected chi connectivity index (χ3v) is 6.35. The fourth-order valence-corrected chi connectivity index (χ4v) is 4.40. The van der Waals surface area contributed by atoms with Crippen molar-refractivity contribution >= 4 is 37.5 Å². The van der Waals surface area contributed by atoms with Crippen molar-refractivity contribution < 1.29 is 13.2 Å². The minimum Gasteiger partial charge on any atom is -0.322 e. The SMILES string of the molecule is CN(C)Cc1ccccc1NC(=O)c1cc(S(=O)(=O)NC2CC2)ccc1Br. The van der Waals surface area contributed by atoms with Crippen molar-refractivity contribution in [2.24, 2.45) is 0 Å². The van der Waals surface area contributed by atoms with Crippen LogP contribution in [0.2, 0.25) is 0 Å². The Morgan fingerprint density at radius 1 is 1.19 bits per heavy atom. The zero-order valence-corrected chi connectivity index (χ0v) is 17.6. The number of carbonyl (C=O) groups is 1. The highest BCUT2D eigenvalue weighted by Crippen LogP contribution is 2.26. The van der Waals surface area contributed by atoms with Gasteiger partial charge in [0.1, 0.15) is 0 Å². The van der Waals surface area contributed by atoms with Crippen molar-refractivity contribution in [2.75, 3.05) is 19.4 Å². The van der Waals surface area contributed by atoms with Crippen LogP contribution in [0.25, 0.3) is 0 Å². The molecule has 1 aliphatic carbocycles. The van der Waals surface area contributed by atoms with Crippen LogP contribution in [0.3, 0.4) is 0 Å². The summed E-state index contributed by atoms with van der Waals surface area (Å²) in [6.07, 6.45) is 1.71. The third kappa shape index (κ3) is 5.16. The van der Waals surface area contributed by atoms with Crippen molar-refractivity contribution in [3.8, 4) is 0 Å². The Balaban J connectivity index is 1.86. The topological polar surface area (TPSA) is 78.5 Å². The minimum atomic E-state index is -3.62. The molecule has 0 aliphatic heterocycles. The van der Waals surface area contributed by atoms with Gasteiger partial charge in [0, 0.05) is 22.7 Å². The van der Waals surface area contributed by atoms with E-state index in [1.165, 1.54) is 12.1 Å². The quantitative estimate of drug-likeness (QED) is 0.677. The number of sulfonamides is 1. The first kappa shape index (κ1) is 20.0. The van der Waals surface area contributed by atoms with Gasteiger partial charge < -0.3 is 10.2 Å². The molecule has 3 rings (SSSR count). The highest BCUT2D eigenvalue weighted by Gasteiger charge is 2.28. The van der Waals surface area contributed by atoms with E-state index in [1.807, 2.05) is 43.3 Å². The minimum absolute atomic E-state index is 0.00818. The highest BCUT2D eigenvalue weighted by atomic mass is 79.9. The number of benzene rings is 2. The summed E-state index contributed by atoms with van der Waals surface area (Å²) in [5.74, 6) is -0.364. The average Bonchev–Trinajstić information content (AvgIpc) is 3.39. The summed E-state index contributed by atoms with van der Waals surface area (Å²) in [5, 5.41) is 2.89. The molecule has 6 nitrogen and oxygen atoms in total. The molecule has 144 valence electrons. The summed E-state index contributed by atoms with van der Waals surface area (Å²) in [6, 6.07) is 12.0. The lowest BCUT2D eigenvalue weighted by Gasteiger charge is -2.15. The molecule has 0 atom stereocenters. The van der Waals surface area contributed by atoms with Gasteiger partial charge in [-0.25, -0.2) is 13.1 Å². The molecule has 0 saturated heterocycles. The Bertz CT molecular complexity index is 956. The van der Waals surface area contributed by atoms with E-state index in [4.69, 9.17) is 0 Å². The molecule has 0 heterocycles. The normalized spacial score (nSPS) is 14.4. The Kier molecular flexibility index (Phi) is 6.00. The number of halogens is 1. The summed E-state index contributed by atoms with van der Waals surface area (Å²) in [7, 11) is 0.285. The molecule has 0 radical (unpaired) electrons. The highest BCUT2D eigenvalue weighted by molar-refractivity contribution is 9.10. The molecular weight excluding hydrogens is 430 g/mol. The fraction of sp³-hybridized carbons (Fsp3) is 0.316. The van der Waals surface area contributed by atoms with Crippen LogP contribution in [0.4, 0.5) is 5.69 Å². The van der Waals surface area contributed by atoms with Crippen LogP contribution in [0.1, 0.15) is 28.8 Å². The molecule has 1 aliphatic rings. The standard InChI is InChI=1S/C19H22BrN3O3S/c1-23(2)12-13-5-3-4-6-18(13)21-19(24)16-11-15(9-10-17(16)20)27(25,26)22-14-7-8-14/h3-6,9-11,14,22H,7-8,12H2,1-2H3,(H,21,24). The van der Waals surface area contributed by atoms with Crippen molar-refractivity contribution in [3.05, 3.63) is 58.1 Å². The van der Waals surface area contributed by atoms with Crippen LogP contribution in [0.15, 0.2) is 51.8 Å². The number of hydrogen-bond donors (Lipinski definition) is 2. The zero-order chi connectivity index (χ0) is 19.6. The molecular formula is C19H22BrN3O3S. The second kappa shape index (κ2) is 8.10. The molecule has 1 saturated carbocycles. The van der Waals surface area contributed by atoms with Gasteiger partial charge in [0.25, 0.3) is 5.91 Å². The van der Waals surface area contributed by atoms with Gasteiger partial charge in [-0.15, -0.1) is 0 Å². The second-order valence-corrected chi connectivity index (χ2v) is 9.45. The van der Waals surface area contributed by atoms with Crippen molar-refractivity contribution in [1.29, 1.82) is 0 Å². The Morgan fingerprint density at radius 2 is 1.89 bits per heavy atom. The van der Waals surface area contributed by atoms with E-state index in [1.54, 1.807) is 6.07 Å². The third-order valence-electron chi connectivity index (χ3n) is 4.14. The van der Waals surface area contributed by atoms with Crippen LogP contribution < -0.4 is 10.0 Å². The van der Waals surface area contributed by atoms with E-state index in [0.717, 1.165) is 18.4 Å². The number of nitrogens with one attached hydrogen (secondary N) is 2. The number of rotatable bonds is 7. The molecule has 1 fully saturated rings. The maximum atomic E-state index is 12.8. The average molecular weight is 452 g/mol. The van der Waals surface area contributed by atoms with Gasteiger partial charge in [0.05, 0.1) is 10.5 Å². The summed E-state index contributed by atoms with van der Waals surface area (Å²) in [6.45, 7) is 0.678. The number of anilines is 1. The Labute approximate surface area is 168 Å². The predicted molar refractivity (Wildman–Crippen MR) is 109 cm³/mol. The number of para-hydroxylation sites is 1. The molecule has 1 amide bonds. The molecule has 27 heavy (non-hydrogen) atoms. The molecule has 0 bridgehead atoms. The Morgan fingerprint density at radius 3 is 2.56 bits per heavy atom. The van der Waals surface area contributed by atoms with Crippen LogP contribution in [-0.4, -0.2) is 39.4 Å². The van der Waals surface area contributed by atoms with Gasteiger partial charge in [-0.2, -0.15) is 0 Å². The van der Waals surface area contributed by atoms with Gasteiger partial charge in [0.2, 0.25) is 10.0 Å². The monoisotopic (exact) mass is 451 g/mol. The Hall–Kier alpha value is -1.74. The van der Waals surface area contributed by atoms with E-state index >= 15 is 0 Å². The number of carbonyl (C=O) groups excluding carboxylic acids is 1. The lowest BCUT2D eigenvalue weighted by atomic mass is 10.1. The first-order valence-corrected chi connectivity index (χ1v) is 10.9. The van der Waals surface area contributed by atoms with Crippen LogP contribution >= 0.6 is 15.9 Å². The predicted octanol–water partition coefficient (Wildman–Crippen LogP) is 3.20. The van der Waals surface area contributed by atoms with Crippen molar-refractivity contribution in [1.82, 2.24) is 9.62 Å². The molecule has 0 spiro atoms. The first-order valence-electron chi connectivity index (χ1n) is 8.62. The second-order valence-electron chi connectivity index (χ2n) is 6.89. The summed E-state index contributed by atoms with van der Waals surface area (Å²) < 4.78 is 28.0. The number of amides is 1. The molecule has 2 N–H and O–H groups in total. The maximum absolute atomic E-state index is 12.8. The van der Waals surface area contributed by atoms with Crippen molar-refractivity contribution in [3.63, 3.8) is 0 Å². The molecule has 2 aromatic carbocycles. The molecule has 0 unspecified atom stereocenters. The number of nitrogens with zero attached hydrogens (tertiary/aromatic N) is 1. The molecule has 0 aromatic heterocycles.